The Morgan fingerprint density at radius 2 is 2.29 bits per heavy atom. The molecule has 0 saturated carbocycles. The maximum atomic E-state index is 9.30. The molecule has 0 bridgehead atoms. The van der Waals surface area contributed by atoms with E-state index in [9.17, 15) is 5.26 Å². The lowest BCUT2D eigenvalue weighted by molar-refractivity contribution is 0.217. The zero-order valence-corrected chi connectivity index (χ0v) is 12.3. The van der Waals surface area contributed by atoms with Gasteiger partial charge in [-0.15, -0.1) is 0 Å². The Hall–Kier alpha value is -2.12. The lowest BCUT2D eigenvalue weighted by Crippen LogP contribution is -2.35. The predicted octanol–water partition coefficient (Wildman–Crippen LogP) is 2.86. The van der Waals surface area contributed by atoms with Crippen molar-refractivity contribution in [1.82, 2.24) is 9.88 Å². The van der Waals surface area contributed by atoms with Crippen molar-refractivity contribution in [1.29, 1.82) is 5.26 Å². The van der Waals surface area contributed by atoms with Crippen LogP contribution in [-0.2, 0) is 0 Å². The zero-order chi connectivity index (χ0) is 14.7. The van der Waals surface area contributed by atoms with E-state index in [0.29, 0.717) is 11.5 Å². The Labute approximate surface area is 125 Å². The molecule has 4 heteroatoms. The van der Waals surface area contributed by atoms with E-state index in [2.05, 4.69) is 28.3 Å². The summed E-state index contributed by atoms with van der Waals surface area (Å²) in [6, 6.07) is 11.9. The number of anilines is 1. The SMILES string of the molecule is CN1CCCC(CNc2cc(C#N)c3ccccc3n2)C1. The molecular weight excluding hydrogens is 260 g/mol. The molecule has 1 N–H and O–H groups in total. The van der Waals surface area contributed by atoms with Crippen LogP contribution in [0, 0.1) is 17.2 Å². The first kappa shape index (κ1) is 13.8. The largest absolute Gasteiger partial charge is 0.370 e. The van der Waals surface area contributed by atoms with Crippen LogP contribution >= 0.6 is 0 Å². The molecule has 1 atom stereocenters. The molecule has 1 saturated heterocycles. The third kappa shape index (κ3) is 3.14. The van der Waals surface area contributed by atoms with E-state index in [1.54, 1.807) is 0 Å². The quantitative estimate of drug-likeness (QED) is 0.939. The van der Waals surface area contributed by atoms with Crippen molar-refractivity contribution in [2.45, 2.75) is 12.8 Å². The number of nitrogens with zero attached hydrogens (tertiary/aromatic N) is 3. The number of hydrogen-bond acceptors (Lipinski definition) is 4. The number of benzene rings is 1. The summed E-state index contributed by atoms with van der Waals surface area (Å²) in [6.07, 6.45) is 2.52. The first-order valence-electron chi connectivity index (χ1n) is 7.48. The summed E-state index contributed by atoms with van der Waals surface area (Å²) in [7, 11) is 2.17. The molecule has 2 heterocycles. The van der Waals surface area contributed by atoms with Crippen molar-refractivity contribution in [3.8, 4) is 6.07 Å². The van der Waals surface area contributed by atoms with E-state index < -0.39 is 0 Å². The van der Waals surface area contributed by atoms with E-state index in [4.69, 9.17) is 0 Å². The third-order valence-corrected chi connectivity index (χ3v) is 4.13. The molecule has 3 rings (SSSR count). The highest BCUT2D eigenvalue weighted by Crippen LogP contribution is 2.21. The molecule has 0 radical (unpaired) electrons. The van der Waals surface area contributed by atoms with Gasteiger partial charge in [0.15, 0.2) is 0 Å². The topological polar surface area (TPSA) is 52.0 Å². The zero-order valence-electron chi connectivity index (χ0n) is 12.3. The smallest absolute Gasteiger partial charge is 0.127 e. The molecule has 0 amide bonds. The van der Waals surface area contributed by atoms with Crippen LogP contribution in [0.25, 0.3) is 10.9 Å². The number of pyridine rings is 1. The molecule has 1 aliphatic heterocycles. The van der Waals surface area contributed by atoms with Gasteiger partial charge in [-0.3, -0.25) is 0 Å². The number of piperidine rings is 1. The highest BCUT2D eigenvalue weighted by molar-refractivity contribution is 5.86. The molecule has 0 aliphatic carbocycles. The van der Waals surface area contributed by atoms with Crippen molar-refractivity contribution < 1.29 is 0 Å². The van der Waals surface area contributed by atoms with Crippen LogP contribution < -0.4 is 5.32 Å². The maximum absolute atomic E-state index is 9.30. The Kier molecular flexibility index (Phi) is 4.03. The van der Waals surface area contributed by atoms with E-state index in [0.717, 1.165) is 29.8 Å². The molecule has 1 aromatic heterocycles. The maximum Gasteiger partial charge on any atom is 0.127 e. The minimum Gasteiger partial charge on any atom is -0.370 e. The van der Waals surface area contributed by atoms with Crippen LogP contribution in [0.5, 0.6) is 0 Å². The summed E-state index contributed by atoms with van der Waals surface area (Å²) in [5.74, 6) is 1.46. The fraction of sp³-hybridized carbons (Fsp3) is 0.412. The van der Waals surface area contributed by atoms with Gasteiger partial charge in [-0.25, -0.2) is 4.98 Å². The van der Waals surface area contributed by atoms with Gasteiger partial charge in [0.25, 0.3) is 0 Å². The third-order valence-electron chi connectivity index (χ3n) is 4.13. The van der Waals surface area contributed by atoms with Crippen molar-refractivity contribution in [2.75, 3.05) is 32.0 Å². The Morgan fingerprint density at radius 1 is 1.43 bits per heavy atom. The second-order valence-corrected chi connectivity index (χ2v) is 5.84. The molecule has 1 fully saturated rings. The van der Waals surface area contributed by atoms with Crippen LogP contribution in [0.2, 0.25) is 0 Å². The predicted molar refractivity (Wildman–Crippen MR) is 85.2 cm³/mol. The van der Waals surface area contributed by atoms with Crippen LogP contribution in [0.4, 0.5) is 5.82 Å². The van der Waals surface area contributed by atoms with Crippen molar-refractivity contribution in [3.63, 3.8) is 0 Å². The Morgan fingerprint density at radius 3 is 3.10 bits per heavy atom. The number of aromatic nitrogens is 1. The van der Waals surface area contributed by atoms with Crippen LogP contribution in [-0.4, -0.2) is 36.6 Å². The van der Waals surface area contributed by atoms with Gasteiger partial charge in [-0.2, -0.15) is 5.26 Å². The Bertz CT molecular complexity index is 674. The van der Waals surface area contributed by atoms with Gasteiger partial charge in [-0.05, 0) is 44.5 Å². The number of para-hydroxylation sites is 1. The average molecular weight is 280 g/mol. The average Bonchev–Trinajstić information content (AvgIpc) is 2.52. The van der Waals surface area contributed by atoms with Gasteiger partial charge < -0.3 is 10.2 Å². The molecule has 1 aliphatic rings. The number of rotatable bonds is 3. The number of hydrogen-bond donors (Lipinski definition) is 1. The summed E-state index contributed by atoms with van der Waals surface area (Å²) in [6.45, 7) is 3.25. The molecule has 1 aromatic carbocycles. The molecule has 2 aromatic rings. The lowest BCUT2D eigenvalue weighted by Gasteiger charge is -2.29. The second kappa shape index (κ2) is 6.11. The highest BCUT2D eigenvalue weighted by atomic mass is 15.1. The van der Waals surface area contributed by atoms with Crippen LogP contribution in [0.3, 0.4) is 0 Å². The van der Waals surface area contributed by atoms with Gasteiger partial charge >= 0.3 is 0 Å². The lowest BCUT2D eigenvalue weighted by atomic mass is 9.98. The second-order valence-electron chi connectivity index (χ2n) is 5.84. The molecule has 4 nitrogen and oxygen atoms in total. The minimum atomic E-state index is 0.655. The number of nitriles is 1. The summed E-state index contributed by atoms with van der Waals surface area (Å²) < 4.78 is 0. The molecule has 1 unspecified atom stereocenters. The van der Waals surface area contributed by atoms with E-state index in [1.807, 2.05) is 30.3 Å². The summed E-state index contributed by atoms with van der Waals surface area (Å²) in [5, 5.41) is 13.6. The Balaban J connectivity index is 1.76. The first-order valence-corrected chi connectivity index (χ1v) is 7.48. The van der Waals surface area contributed by atoms with E-state index in [1.165, 1.54) is 19.4 Å². The normalized spacial score (nSPS) is 19.3. The number of fused-ring (bicyclic) bond motifs is 1. The van der Waals surface area contributed by atoms with Crippen molar-refractivity contribution >= 4 is 16.7 Å². The molecular formula is C17H20N4. The first-order chi connectivity index (χ1) is 10.3. The number of likely N-dealkylation sites (tertiary alicyclic amines) is 1. The van der Waals surface area contributed by atoms with Crippen LogP contribution in [0.15, 0.2) is 30.3 Å². The monoisotopic (exact) mass is 280 g/mol. The minimum absolute atomic E-state index is 0.655. The highest BCUT2D eigenvalue weighted by Gasteiger charge is 2.17. The summed E-state index contributed by atoms with van der Waals surface area (Å²) in [5.41, 5.74) is 1.56. The molecule has 108 valence electrons. The standard InChI is InChI=1S/C17H20N4/c1-21-8-4-5-13(12-21)11-19-17-9-14(10-18)15-6-2-3-7-16(15)20-17/h2-3,6-7,9,13H,4-5,8,11-12H2,1H3,(H,19,20). The fourth-order valence-corrected chi connectivity index (χ4v) is 3.05. The van der Waals surface area contributed by atoms with Gasteiger partial charge in [0.1, 0.15) is 5.82 Å². The van der Waals surface area contributed by atoms with Crippen molar-refractivity contribution in [3.05, 3.63) is 35.9 Å². The number of nitrogens with one attached hydrogen (secondary N) is 1. The van der Waals surface area contributed by atoms with Gasteiger partial charge in [0, 0.05) is 18.5 Å². The summed E-state index contributed by atoms with van der Waals surface area (Å²) in [4.78, 5) is 6.99. The summed E-state index contributed by atoms with van der Waals surface area (Å²) >= 11 is 0. The van der Waals surface area contributed by atoms with Crippen molar-refractivity contribution in [2.24, 2.45) is 5.92 Å². The van der Waals surface area contributed by atoms with Gasteiger partial charge in [0.05, 0.1) is 17.1 Å². The molecule has 0 spiro atoms. The van der Waals surface area contributed by atoms with E-state index >= 15 is 0 Å². The van der Waals surface area contributed by atoms with Gasteiger partial charge in [-0.1, -0.05) is 18.2 Å². The van der Waals surface area contributed by atoms with Gasteiger partial charge in [0.2, 0.25) is 0 Å². The van der Waals surface area contributed by atoms with E-state index in [-0.39, 0.29) is 0 Å². The van der Waals surface area contributed by atoms with Crippen LogP contribution in [0.1, 0.15) is 18.4 Å². The fourth-order valence-electron chi connectivity index (χ4n) is 3.05. The molecule has 21 heavy (non-hydrogen) atoms.